The minimum atomic E-state index is -0.320. The van der Waals surface area contributed by atoms with Crippen LogP contribution in [0.3, 0.4) is 0 Å². The molecule has 3 N–H and O–H groups in total. The summed E-state index contributed by atoms with van der Waals surface area (Å²) < 4.78 is 0. The molecule has 0 radical (unpaired) electrons. The van der Waals surface area contributed by atoms with E-state index in [1.807, 2.05) is 9.80 Å². The minimum Gasteiger partial charge on any atom is -0.370 e. The highest BCUT2D eigenvalue weighted by molar-refractivity contribution is 5.90. The van der Waals surface area contributed by atoms with Gasteiger partial charge in [0.25, 0.3) is 0 Å². The summed E-state index contributed by atoms with van der Waals surface area (Å²) in [5, 5.41) is 3.34. The number of hydrogen-bond acceptors (Lipinski definition) is 4. The second kappa shape index (κ2) is 9.72. The fourth-order valence-electron chi connectivity index (χ4n) is 4.58. The van der Waals surface area contributed by atoms with Crippen LogP contribution >= 0.6 is 0 Å². The molecule has 0 aromatic rings. The number of nitrogens with two attached hydrogens (primary N) is 1. The van der Waals surface area contributed by atoms with Crippen molar-refractivity contribution in [2.75, 3.05) is 26.2 Å². The molecule has 2 atom stereocenters. The van der Waals surface area contributed by atoms with Crippen molar-refractivity contribution in [3.05, 3.63) is 0 Å². The summed E-state index contributed by atoms with van der Waals surface area (Å²) in [5.74, 6) is 0.804. The lowest BCUT2D eigenvalue weighted by Crippen LogP contribution is -2.61. The van der Waals surface area contributed by atoms with Gasteiger partial charge in [0.15, 0.2) is 0 Å². The largest absolute Gasteiger partial charge is 0.370 e. The molecule has 7 nitrogen and oxygen atoms in total. The first-order chi connectivity index (χ1) is 13.5. The number of piperidine rings is 1. The molecule has 3 rings (SSSR count). The fraction of sp³-hybridized carbons (Fsp3) is 0.857. The molecule has 0 spiro atoms. The number of nitrogens with one attached hydrogen (secondary N) is 1. The lowest BCUT2D eigenvalue weighted by atomic mass is 9.92. The van der Waals surface area contributed by atoms with E-state index in [1.165, 1.54) is 12.8 Å². The number of amides is 3. The monoisotopic (exact) mass is 392 g/mol. The summed E-state index contributed by atoms with van der Waals surface area (Å²) in [6.07, 6.45) is 8.11. The number of primary amides is 1. The van der Waals surface area contributed by atoms with Crippen LogP contribution in [0.15, 0.2) is 0 Å². The minimum absolute atomic E-state index is 0.0994. The van der Waals surface area contributed by atoms with Crippen LogP contribution in [0.4, 0.5) is 0 Å². The van der Waals surface area contributed by atoms with Crippen LogP contribution in [0.1, 0.15) is 64.7 Å². The normalized spacial score (nSPS) is 25.0. The van der Waals surface area contributed by atoms with Crippen molar-refractivity contribution in [2.24, 2.45) is 17.6 Å². The number of rotatable bonds is 9. The van der Waals surface area contributed by atoms with E-state index in [9.17, 15) is 14.4 Å². The number of unbranched alkanes of at least 4 members (excludes halogenated alkanes) is 1. The van der Waals surface area contributed by atoms with E-state index in [0.717, 1.165) is 45.1 Å². The van der Waals surface area contributed by atoms with E-state index >= 15 is 0 Å². The Bertz CT molecular complexity index is 570. The van der Waals surface area contributed by atoms with Gasteiger partial charge < -0.3 is 20.9 Å². The van der Waals surface area contributed by atoms with Gasteiger partial charge in [-0.3, -0.25) is 14.4 Å². The molecule has 3 fully saturated rings. The van der Waals surface area contributed by atoms with E-state index in [-0.39, 0.29) is 35.7 Å². The average Bonchev–Trinajstić information content (AvgIpc) is 3.49. The molecule has 0 aromatic carbocycles. The van der Waals surface area contributed by atoms with Gasteiger partial charge in [0.05, 0.1) is 6.04 Å². The summed E-state index contributed by atoms with van der Waals surface area (Å²) in [4.78, 5) is 41.4. The molecule has 2 heterocycles. The molecule has 158 valence electrons. The molecular weight excluding hydrogens is 356 g/mol. The Morgan fingerprint density at radius 2 is 1.86 bits per heavy atom. The molecule has 1 aliphatic carbocycles. The third kappa shape index (κ3) is 5.46. The molecule has 7 heteroatoms. The van der Waals surface area contributed by atoms with Crippen molar-refractivity contribution < 1.29 is 14.4 Å². The zero-order valence-corrected chi connectivity index (χ0v) is 17.2. The van der Waals surface area contributed by atoms with Crippen molar-refractivity contribution in [3.8, 4) is 0 Å². The second-order valence-electron chi connectivity index (χ2n) is 8.81. The zero-order chi connectivity index (χ0) is 20.1. The van der Waals surface area contributed by atoms with Crippen molar-refractivity contribution >= 4 is 17.7 Å². The third-order valence-corrected chi connectivity index (χ3v) is 6.50. The van der Waals surface area contributed by atoms with Gasteiger partial charge in [-0.1, -0.05) is 32.6 Å². The van der Waals surface area contributed by atoms with Crippen LogP contribution in [0.25, 0.3) is 0 Å². The second-order valence-corrected chi connectivity index (χ2v) is 8.81. The summed E-state index contributed by atoms with van der Waals surface area (Å²) in [6.45, 7) is 4.83. The summed E-state index contributed by atoms with van der Waals surface area (Å²) in [5.41, 5.74) is 5.32. The Morgan fingerprint density at radius 1 is 1.14 bits per heavy atom. The molecule has 3 aliphatic rings. The standard InChI is InChI=1S/C21H36N4O3/c1-2-3-4-17-20(27)25(12-9-23-17)18(13-15-5-6-15)21(28)24-10-7-16(8-11-24)14-19(22)26/h15-18,23H,2-14H2,1H3,(H2,22,26)/t17-,18?/m0/s1. The number of likely N-dealkylation sites (tertiary alicyclic amines) is 1. The van der Waals surface area contributed by atoms with Crippen molar-refractivity contribution in [1.29, 1.82) is 0 Å². The highest BCUT2D eigenvalue weighted by Gasteiger charge is 2.41. The molecule has 2 saturated heterocycles. The Morgan fingerprint density at radius 3 is 2.46 bits per heavy atom. The SMILES string of the molecule is CCCC[C@@H]1NCCN(C(CC2CC2)C(=O)N2CCC(CC(N)=O)CC2)C1=O. The van der Waals surface area contributed by atoms with Crippen LogP contribution in [-0.2, 0) is 14.4 Å². The number of carbonyl (C=O) groups is 3. The van der Waals surface area contributed by atoms with Crippen LogP contribution in [0.2, 0.25) is 0 Å². The van der Waals surface area contributed by atoms with Crippen LogP contribution in [-0.4, -0.2) is 65.8 Å². The predicted octanol–water partition coefficient (Wildman–Crippen LogP) is 1.26. The third-order valence-electron chi connectivity index (χ3n) is 6.50. The Hall–Kier alpha value is -1.63. The maximum atomic E-state index is 13.4. The van der Waals surface area contributed by atoms with E-state index in [2.05, 4.69) is 12.2 Å². The topological polar surface area (TPSA) is 95.7 Å². The lowest BCUT2D eigenvalue weighted by molar-refractivity contribution is -0.150. The maximum absolute atomic E-state index is 13.4. The summed E-state index contributed by atoms with van der Waals surface area (Å²) in [7, 11) is 0. The molecule has 0 aromatic heterocycles. The first kappa shape index (κ1) is 21.1. The first-order valence-corrected chi connectivity index (χ1v) is 11.1. The highest BCUT2D eigenvalue weighted by Crippen LogP contribution is 2.36. The van der Waals surface area contributed by atoms with Crippen molar-refractivity contribution in [1.82, 2.24) is 15.1 Å². The molecule has 3 amide bonds. The van der Waals surface area contributed by atoms with Gasteiger partial charge in [0.2, 0.25) is 17.7 Å². The summed E-state index contributed by atoms with van der Waals surface area (Å²) in [6, 6.07) is -0.469. The molecular formula is C21H36N4O3. The van der Waals surface area contributed by atoms with Crippen LogP contribution < -0.4 is 11.1 Å². The van der Waals surface area contributed by atoms with Gasteiger partial charge in [-0.2, -0.15) is 0 Å². The van der Waals surface area contributed by atoms with Gasteiger partial charge >= 0.3 is 0 Å². The van der Waals surface area contributed by atoms with E-state index in [4.69, 9.17) is 5.73 Å². The Balaban J connectivity index is 1.63. The number of piperazine rings is 1. The van der Waals surface area contributed by atoms with Crippen molar-refractivity contribution in [2.45, 2.75) is 76.8 Å². The summed E-state index contributed by atoms with van der Waals surface area (Å²) >= 11 is 0. The highest BCUT2D eigenvalue weighted by atomic mass is 16.2. The van der Waals surface area contributed by atoms with E-state index < -0.39 is 0 Å². The number of hydrogen-bond donors (Lipinski definition) is 2. The molecule has 0 bridgehead atoms. The quantitative estimate of drug-likeness (QED) is 0.617. The van der Waals surface area contributed by atoms with Crippen molar-refractivity contribution in [3.63, 3.8) is 0 Å². The Labute approximate surface area is 168 Å². The van der Waals surface area contributed by atoms with Gasteiger partial charge in [0, 0.05) is 32.6 Å². The predicted molar refractivity (Wildman–Crippen MR) is 107 cm³/mol. The van der Waals surface area contributed by atoms with Crippen LogP contribution in [0.5, 0.6) is 0 Å². The van der Waals surface area contributed by atoms with E-state index in [1.54, 1.807) is 0 Å². The number of carbonyl (C=O) groups excluding carboxylic acids is 3. The van der Waals surface area contributed by atoms with E-state index in [0.29, 0.717) is 32.0 Å². The van der Waals surface area contributed by atoms with Gasteiger partial charge in [-0.15, -0.1) is 0 Å². The van der Waals surface area contributed by atoms with Gasteiger partial charge in [-0.05, 0) is 37.5 Å². The smallest absolute Gasteiger partial charge is 0.245 e. The fourth-order valence-corrected chi connectivity index (χ4v) is 4.58. The average molecular weight is 393 g/mol. The molecule has 28 heavy (non-hydrogen) atoms. The maximum Gasteiger partial charge on any atom is 0.245 e. The zero-order valence-electron chi connectivity index (χ0n) is 17.2. The first-order valence-electron chi connectivity index (χ1n) is 11.1. The number of nitrogens with zero attached hydrogens (tertiary/aromatic N) is 2. The lowest BCUT2D eigenvalue weighted by Gasteiger charge is -2.41. The molecule has 2 aliphatic heterocycles. The molecule has 1 unspecified atom stereocenters. The van der Waals surface area contributed by atoms with Crippen LogP contribution in [0, 0.1) is 11.8 Å². The van der Waals surface area contributed by atoms with Gasteiger partial charge in [-0.25, -0.2) is 0 Å². The van der Waals surface area contributed by atoms with Gasteiger partial charge in [0.1, 0.15) is 6.04 Å². The molecule has 1 saturated carbocycles. The Kier molecular flexibility index (Phi) is 7.32.